The summed E-state index contributed by atoms with van der Waals surface area (Å²) in [7, 11) is -10.0. The maximum Gasteiger partial charge on any atom is 1.00 e. The molecule has 3 unspecified atom stereocenters. The van der Waals surface area contributed by atoms with Crippen molar-refractivity contribution in [2.45, 2.75) is 24.4 Å². The van der Waals surface area contributed by atoms with E-state index in [4.69, 9.17) is 4.89 Å². The van der Waals surface area contributed by atoms with E-state index >= 15 is 0 Å². The van der Waals surface area contributed by atoms with Gasteiger partial charge in [-0.05, 0) is 6.16 Å². The second-order valence-electron chi connectivity index (χ2n) is 4.90. The van der Waals surface area contributed by atoms with E-state index in [0.717, 1.165) is 0 Å². The fourth-order valence-corrected chi connectivity index (χ4v) is 4.29. The second-order valence-corrected chi connectivity index (χ2v) is 8.13. The molecule has 1 saturated carbocycles. The maximum atomic E-state index is 10.8. The zero-order valence-electron chi connectivity index (χ0n) is 13.1. The minimum absolute atomic E-state index is 0. The average molecular weight is 450 g/mol. The summed E-state index contributed by atoms with van der Waals surface area (Å²) in [4.78, 5) is 40.8. The normalized spacial score (nSPS) is 36.7. The van der Waals surface area contributed by atoms with Crippen molar-refractivity contribution in [3.63, 3.8) is 0 Å². The summed E-state index contributed by atoms with van der Waals surface area (Å²) in [6, 6.07) is 0. The van der Waals surface area contributed by atoms with E-state index < -0.39 is 63.8 Å². The number of aliphatic hydroxyl groups excluding tert-OH is 4. The molecule has 15 heteroatoms. The molecule has 0 aromatic carbocycles. The summed E-state index contributed by atoms with van der Waals surface area (Å²) in [5.74, 6) is -3.26. The van der Waals surface area contributed by atoms with Gasteiger partial charge in [-0.15, -0.1) is 0 Å². The summed E-state index contributed by atoms with van der Waals surface area (Å²) in [6.07, 6.45) is -10.0. The van der Waals surface area contributed by atoms with Crippen LogP contribution in [0.15, 0.2) is 0 Å². The maximum absolute atomic E-state index is 10.8. The first kappa shape index (κ1) is 32.7. The second kappa shape index (κ2) is 13.4. The topological polar surface area (TPSA) is 204 Å². The molecule has 0 amide bonds. The van der Waals surface area contributed by atoms with Gasteiger partial charge < -0.3 is 49.1 Å². The standard InChI is InChI=1S/C8H18O10P2.3K/c9-5-3(1-19(13,14)15)6(10)8(12)4(7(5)11)2-20(16,17)18;;;/h3-12H,1-2H2,(H2,13,14,15)(H2,16,17,18);;;/q;3*+1/p-3/t3?,4?,5-,6-,7-,8+;;;/m0.../s1. The van der Waals surface area contributed by atoms with Gasteiger partial charge in [-0.2, -0.15) is 0 Å². The smallest absolute Gasteiger partial charge is 0.811 e. The van der Waals surface area contributed by atoms with Crippen LogP contribution in [-0.2, 0) is 9.13 Å². The Morgan fingerprint density at radius 2 is 0.957 bits per heavy atom. The molecule has 0 heterocycles. The Hall–Kier alpha value is 5.05. The zero-order chi connectivity index (χ0) is 15.9. The van der Waals surface area contributed by atoms with Crippen molar-refractivity contribution in [2.24, 2.45) is 11.8 Å². The summed E-state index contributed by atoms with van der Waals surface area (Å²) >= 11 is 0. The van der Waals surface area contributed by atoms with Crippen LogP contribution in [0.2, 0.25) is 0 Å². The largest absolute Gasteiger partial charge is 1.00 e. The Kier molecular flexibility index (Phi) is 19.0. The first-order valence-corrected chi connectivity index (χ1v) is 9.09. The van der Waals surface area contributed by atoms with Gasteiger partial charge in [-0.3, -0.25) is 0 Å². The predicted molar refractivity (Wildman–Crippen MR) is 58.2 cm³/mol. The molecule has 7 atom stereocenters. The number of rotatable bonds is 4. The van der Waals surface area contributed by atoms with E-state index in [1.54, 1.807) is 0 Å². The molecule has 0 bridgehead atoms. The van der Waals surface area contributed by atoms with Crippen molar-refractivity contribution in [1.82, 2.24) is 0 Å². The van der Waals surface area contributed by atoms with Crippen LogP contribution in [0.5, 0.6) is 0 Å². The van der Waals surface area contributed by atoms with E-state index in [2.05, 4.69) is 0 Å². The van der Waals surface area contributed by atoms with E-state index in [9.17, 15) is 44.2 Å². The van der Waals surface area contributed by atoms with Gasteiger partial charge in [-0.1, -0.05) is 7.60 Å². The van der Waals surface area contributed by atoms with Crippen molar-refractivity contribution in [2.75, 3.05) is 12.3 Å². The Morgan fingerprint density at radius 1 is 0.696 bits per heavy atom. The Labute approximate surface area is 260 Å². The molecule has 0 radical (unpaired) electrons. The fourth-order valence-electron chi connectivity index (χ4n) is 2.37. The molecule has 1 rings (SSSR count). The van der Waals surface area contributed by atoms with Gasteiger partial charge in [0.05, 0.1) is 24.4 Å². The molecule has 5 N–H and O–H groups in total. The van der Waals surface area contributed by atoms with Crippen LogP contribution in [0.1, 0.15) is 0 Å². The molecule has 10 nitrogen and oxygen atoms in total. The van der Waals surface area contributed by atoms with Crippen LogP contribution in [0.4, 0.5) is 0 Å². The number of aliphatic hydroxyl groups is 4. The van der Waals surface area contributed by atoms with Crippen LogP contribution >= 0.6 is 15.2 Å². The average Bonchev–Trinajstić information content (AvgIpc) is 2.25. The van der Waals surface area contributed by atoms with Gasteiger partial charge in [0.1, 0.15) is 7.60 Å². The molecule has 1 aliphatic carbocycles. The minimum Gasteiger partial charge on any atom is -0.811 e. The van der Waals surface area contributed by atoms with Crippen LogP contribution < -0.4 is 169 Å². The summed E-state index contributed by atoms with van der Waals surface area (Å²) < 4.78 is 21.4. The molecular formula is C8H15K3O10P2. The molecule has 1 fully saturated rings. The Balaban J connectivity index is -0.00000133. The minimum atomic E-state index is -5.13. The predicted octanol–water partition coefficient (Wildman–Crippen LogP) is -13.9. The fraction of sp³-hybridized carbons (Fsp3) is 1.00. The molecule has 23 heavy (non-hydrogen) atoms. The van der Waals surface area contributed by atoms with E-state index in [-0.39, 0.29) is 154 Å². The molecule has 1 aliphatic rings. The van der Waals surface area contributed by atoms with Crippen LogP contribution in [0, 0.1) is 11.8 Å². The summed E-state index contributed by atoms with van der Waals surface area (Å²) in [5, 5.41) is 38.7. The zero-order valence-corrected chi connectivity index (χ0v) is 24.2. The Bertz CT molecular complexity index is 386. The quantitative estimate of drug-likeness (QED) is 0.202. The van der Waals surface area contributed by atoms with Crippen molar-refractivity contribution in [1.29, 1.82) is 0 Å². The first-order chi connectivity index (χ1) is 8.83. The van der Waals surface area contributed by atoms with E-state index in [0.29, 0.717) is 0 Å². The molecule has 0 aliphatic heterocycles. The molecule has 0 aromatic rings. The first-order valence-electron chi connectivity index (χ1n) is 5.59. The third kappa shape index (κ3) is 11.1. The SMILES string of the molecule is O=P([O-])([O-])CC1[C@@H](O)[C@@H](O)C(CP(=O)([O-])O)[C@H](O)[C@H]1O.[K+].[K+].[K+]. The van der Waals surface area contributed by atoms with Gasteiger partial charge in [0, 0.05) is 18.0 Å². The van der Waals surface area contributed by atoms with Gasteiger partial charge in [0.25, 0.3) is 0 Å². The molecule has 0 saturated heterocycles. The van der Waals surface area contributed by atoms with Crippen molar-refractivity contribution in [3.05, 3.63) is 0 Å². The van der Waals surface area contributed by atoms with Crippen molar-refractivity contribution < 1.29 is 203 Å². The van der Waals surface area contributed by atoms with Crippen molar-refractivity contribution in [3.8, 4) is 0 Å². The van der Waals surface area contributed by atoms with Gasteiger partial charge in [0.2, 0.25) is 0 Å². The van der Waals surface area contributed by atoms with E-state index in [1.165, 1.54) is 0 Å². The third-order valence-electron chi connectivity index (χ3n) is 3.33. The molecule has 0 spiro atoms. The van der Waals surface area contributed by atoms with Gasteiger partial charge in [-0.25, -0.2) is 0 Å². The van der Waals surface area contributed by atoms with Gasteiger partial charge in [0.15, 0.2) is 0 Å². The number of hydrogen-bond donors (Lipinski definition) is 5. The van der Waals surface area contributed by atoms with Gasteiger partial charge >= 0.3 is 154 Å². The molecule has 0 aromatic heterocycles. The van der Waals surface area contributed by atoms with Crippen LogP contribution in [0.3, 0.4) is 0 Å². The van der Waals surface area contributed by atoms with Crippen LogP contribution in [0.25, 0.3) is 0 Å². The molecular weight excluding hydrogens is 435 g/mol. The summed E-state index contributed by atoms with van der Waals surface area (Å²) in [5.41, 5.74) is 0. The number of hydrogen-bond acceptors (Lipinski definition) is 9. The Morgan fingerprint density at radius 3 is 1.17 bits per heavy atom. The monoisotopic (exact) mass is 450 g/mol. The van der Waals surface area contributed by atoms with E-state index in [1.807, 2.05) is 0 Å². The third-order valence-corrected chi connectivity index (χ3v) is 5.08. The summed E-state index contributed by atoms with van der Waals surface area (Å²) in [6.45, 7) is 0. The molecule has 120 valence electrons. The van der Waals surface area contributed by atoms with Crippen LogP contribution in [-0.4, -0.2) is 62.1 Å². The van der Waals surface area contributed by atoms with Crippen molar-refractivity contribution >= 4 is 15.2 Å².